The standard InChI is InChI=1S/C20H31FN2O2/c1-15(22-12-11-16-7-9-17(21)10-8-16)14-18-6-5-13-23(18)19(24)25-20(2,3)4/h7-10,15,18,22H,5-6,11-14H2,1-4H3. The minimum atomic E-state index is -0.455. The molecule has 2 atom stereocenters. The van der Waals surface area contributed by atoms with Crippen LogP contribution in [0.5, 0.6) is 0 Å². The first-order valence-corrected chi connectivity index (χ1v) is 9.22. The molecule has 140 valence electrons. The van der Waals surface area contributed by atoms with Crippen molar-refractivity contribution in [2.24, 2.45) is 0 Å². The number of nitrogens with one attached hydrogen (secondary N) is 1. The van der Waals surface area contributed by atoms with E-state index in [9.17, 15) is 9.18 Å². The van der Waals surface area contributed by atoms with Crippen LogP contribution < -0.4 is 5.32 Å². The van der Waals surface area contributed by atoms with Crippen molar-refractivity contribution in [1.82, 2.24) is 10.2 Å². The van der Waals surface area contributed by atoms with E-state index in [1.54, 1.807) is 0 Å². The van der Waals surface area contributed by atoms with Gasteiger partial charge in [0.1, 0.15) is 11.4 Å². The lowest BCUT2D eigenvalue weighted by Crippen LogP contribution is -2.42. The Morgan fingerprint density at radius 3 is 2.68 bits per heavy atom. The van der Waals surface area contributed by atoms with E-state index in [4.69, 9.17) is 4.74 Å². The molecule has 5 heteroatoms. The van der Waals surface area contributed by atoms with Gasteiger partial charge < -0.3 is 15.0 Å². The summed E-state index contributed by atoms with van der Waals surface area (Å²) in [5, 5.41) is 3.51. The Hall–Kier alpha value is -1.62. The predicted octanol–water partition coefficient (Wildman–Crippen LogP) is 4.14. The van der Waals surface area contributed by atoms with E-state index in [1.807, 2.05) is 37.8 Å². The van der Waals surface area contributed by atoms with Crippen LogP contribution in [0.2, 0.25) is 0 Å². The number of nitrogens with zero attached hydrogens (tertiary/aromatic N) is 1. The number of halogens is 1. The van der Waals surface area contributed by atoms with Gasteiger partial charge in [-0.3, -0.25) is 0 Å². The summed E-state index contributed by atoms with van der Waals surface area (Å²) in [5.41, 5.74) is 0.667. The molecule has 0 aromatic heterocycles. The lowest BCUT2D eigenvalue weighted by molar-refractivity contribution is 0.0215. The smallest absolute Gasteiger partial charge is 0.410 e. The van der Waals surface area contributed by atoms with E-state index in [0.29, 0.717) is 6.04 Å². The zero-order valence-corrected chi connectivity index (χ0v) is 15.8. The van der Waals surface area contributed by atoms with Gasteiger partial charge in [-0.25, -0.2) is 9.18 Å². The average Bonchev–Trinajstić information content (AvgIpc) is 2.96. The molecule has 25 heavy (non-hydrogen) atoms. The Balaban J connectivity index is 1.75. The quantitative estimate of drug-likeness (QED) is 0.838. The van der Waals surface area contributed by atoms with Crippen LogP contribution in [0.1, 0.15) is 52.5 Å². The van der Waals surface area contributed by atoms with Crippen LogP contribution in [-0.2, 0) is 11.2 Å². The Morgan fingerprint density at radius 2 is 2.04 bits per heavy atom. The second kappa shape index (κ2) is 8.65. The maximum absolute atomic E-state index is 12.9. The van der Waals surface area contributed by atoms with Crippen molar-refractivity contribution in [3.8, 4) is 0 Å². The molecule has 1 aliphatic heterocycles. The molecule has 1 amide bonds. The number of benzene rings is 1. The van der Waals surface area contributed by atoms with Crippen LogP contribution in [0.4, 0.5) is 9.18 Å². The minimum Gasteiger partial charge on any atom is -0.444 e. The number of ether oxygens (including phenoxy) is 1. The monoisotopic (exact) mass is 350 g/mol. The molecular formula is C20H31FN2O2. The lowest BCUT2D eigenvalue weighted by atomic mass is 10.1. The van der Waals surface area contributed by atoms with Crippen molar-refractivity contribution in [1.29, 1.82) is 0 Å². The third kappa shape index (κ3) is 6.65. The Bertz CT molecular complexity index is 554. The third-order valence-electron chi connectivity index (χ3n) is 4.45. The van der Waals surface area contributed by atoms with Gasteiger partial charge >= 0.3 is 6.09 Å². The lowest BCUT2D eigenvalue weighted by Gasteiger charge is -2.30. The second-order valence-corrected chi connectivity index (χ2v) is 7.94. The molecule has 1 saturated heterocycles. The maximum atomic E-state index is 12.9. The molecule has 0 bridgehead atoms. The predicted molar refractivity (Wildman–Crippen MR) is 98.1 cm³/mol. The zero-order chi connectivity index (χ0) is 18.4. The van der Waals surface area contributed by atoms with Gasteiger partial charge in [-0.2, -0.15) is 0 Å². The maximum Gasteiger partial charge on any atom is 0.410 e. The van der Waals surface area contributed by atoms with Crippen LogP contribution >= 0.6 is 0 Å². The van der Waals surface area contributed by atoms with E-state index >= 15 is 0 Å². The molecule has 1 fully saturated rings. The fraction of sp³-hybridized carbons (Fsp3) is 0.650. The Kier molecular flexibility index (Phi) is 6.82. The Labute approximate surface area is 150 Å². The largest absolute Gasteiger partial charge is 0.444 e. The van der Waals surface area contributed by atoms with Crippen molar-refractivity contribution in [3.63, 3.8) is 0 Å². The third-order valence-corrected chi connectivity index (χ3v) is 4.45. The first-order valence-electron chi connectivity index (χ1n) is 9.22. The van der Waals surface area contributed by atoms with E-state index in [-0.39, 0.29) is 18.0 Å². The molecule has 4 nitrogen and oxygen atoms in total. The van der Waals surface area contributed by atoms with Crippen LogP contribution in [0.3, 0.4) is 0 Å². The van der Waals surface area contributed by atoms with Crippen LogP contribution in [0.25, 0.3) is 0 Å². The second-order valence-electron chi connectivity index (χ2n) is 7.94. The van der Waals surface area contributed by atoms with Crippen molar-refractivity contribution < 1.29 is 13.9 Å². The highest BCUT2D eigenvalue weighted by atomic mass is 19.1. The Morgan fingerprint density at radius 1 is 1.36 bits per heavy atom. The molecule has 0 radical (unpaired) electrons. The average molecular weight is 350 g/mol. The summed E-state index contributed by atoms with van der Waals surface area (Å²) >= 11 is 0. The molecule has 1 aromatic rings. The highest BCUT2D eigenvalue weighted by Crippen LogP contribution is 2.24. The van der Waals surface area contributed by atoms with Gasteiger partial charge in [-0.15, -0.1) is 0 Å². The number of likely N-dealkylation sites (tertiary alicyclic amines) is 1. The summed E-state index contributed by atoms with van der Waals surface area (Å²) in [4.78, 5) is 14.2. The van der Waals surface area contributed by atoms with Crippen molar-refractivity contribution in [2.75, 3.05) is 13.1 Å². The van der Waals surface area contributed by atoms with Crippen LogP contribution in [0, 0.1) is 5.82 Å². The van der Waals surface area contributed by atoms with Gasteiger partial charge in [0.05, 0.1) is 0 Å². The van der Waals surface area contributed by atoms with Gasteiger partial charge in [-0.05, 0) is 77.6 Å². The first-order chi connectivity index (χ1) is 11.7. The number of hydrogen-bond donors (Lipinski definition) is 1. The minimum absolute atomic E-state index is 0.200. The summed E-state index contributed by atoms with van der Waals surface area (Å²) in [6.45, 7) is 9.46. The molecule has 1 aliphatic rings. The molecular weight excluding hydrogens is 319 g/mol. The molecule has 0 spiro atoms. The molecule has 2 rings (SSSR count). The van der Waals surface area contributed by atoms with Crippen LogP contribution in [-0.4, -0.2) is 41.8 Å². The van der Waals surface area contributed by atoms with Crippen molar-refractivity contribution >= 4 is 6.09 Å². The fourth-order valence-electron chi connectivity index (χ4n) is 3.25. The summed E-state index contributed by atoms with van der Waals surface area (Å²) < 4.78 is 18.4. The number of carbonyl (C=O) groups excluding carboxylic acids is 1. The summed E-state index contributed by atoms with van der Waals surface area (Å²) in [6, 6.07) is 7.19. The molecule has 1 aromatic carbocycles. The van der Waals surface area contributed by atoms with E-state index in [0.717, 1.165) is 44.3 Å². The summed E-state index contributed by atoms with van der Waals surface area (Å²) in [5.74, 6) is -0.200. The first kappa shape index (κ1) is 19.7. The van der Waals surface area contributed by atoms with Crippen LogP contribution in [0.15, 0.2) is 24.3 Å². The summed E-state index contributed by atoms with van der Waals surface area (Å²) in [7, 11) is 0. The van der Waals surface area contributed by atoms with E-state index in [1.165, 1.54) is 12.1 Å². The zero-order valence-electron chi connectivity index (χ0n) is 15.8. The highest BCUT2D eigenvalue weighted by Gasteiger charge is 2.32. The molecule has 0 saturated carbocycles. The van der Waals surface area contributed by atoms with Crippen molar-refractivity contribution in [2.45, 2.75) is 71.1 Å². The normalized spacial score (nSPS) is 19.1. The van der Waals surface area contributed by atoms with Gasteiger partial charge in [0.2, 0.25) is 0 Å². The SMILES string of the molecule is CC(CC1CCCN1C(=O)OC(C)(C)C)NCCc1ccc(F)cc1. The molecule has 2 unspecified atom stereocenters. The molecule has 1 N–H and O–H groups in total. The topological polar surface area (TPSA) is 41.6 Å². The number of hydrogen-bond acceptors (Lipinski definition) is 3. The highest BCUT2D eigenvalue weighted by molar-refractivity contribution is 5.68. The van der Waals surface area contributed by atoms with Gasteiger partial charge in [0, 0.05) is 18.6 Å². The number of carbonyl (C=O) groups is 1. The van der Waals surface area contributed by atoms with Gasteiger partial charge in [0.15, 0.2) is 0 Å². The number of amides is 1. The summed E-state index contributed by atoms with van der Waals surface area (Å²) in [6.07, 6.45) is 3.65. The van der Waals surface area contributed by atoms with Crippen molar-refractivity contribution in [3.05, 3.63) is 35.6 Å². The number of rotatable bonds is 6. The fourth-order valence-corrected chi connectivity index (χ4v) is 3.25. The molecule has 0 aliphatic carbocycles. The van der Waals surface area contributed by atoms with Gasteiger partial charge in [-0.1, -0.05) is 12.1 Å². The van der Waals surface area contributed by atoms with E-state index in [2.05, 4.69) is 12.2 Å². The van der Waals surface area contributed by atoms with Gasteiger partial charge in [0.25, 0.3) is 0 Å². The van der Waals surface area contributed by atoms with E-state index < -0.39 is 5.60 Å². The molecule has 1 heterocycles.